The van der Waals surface area contributed by atoms with Crippen LogP contribution in [0.4, 0.5) is 0 Å². The van der Waals surface area contributed by atoms with Crippen LogP contribution in [0.1, 0.15) is 53.6 Å². The summed E-state index contributed by atoms with van der Waals surface area (Å²) in [5.74, 6) is 4.52. The van der Waals surface area contributed by atoms with Gasteiger partial charge in [-0.1, -0.05) is 65.2 Å². The van der Waals surface area contributed by atoms with Crippen LogP contribution in [0.5, 0.6) is 28.7 Å². The first-order chi connectivity index (χ1) is 20.1. The molecule has 5 nitrogen and oxygen atoms in total. The summed E-state index contributed by atoms with van der Waals surface area (Å²) in [6.45, 7) is 16.4. The lowest BCUT2D eigenvalue weighted by Gasteiger charge is -2.32. The van der Waals surface area contributed by atoms with Crippen LogP contribution in [0, 0.1) is 34.6 Å². The van der Waals surface area contributed by atoms with Gasteiger partial charge < -0.3 is 23.7 Å². The Bertz CT molecular complexity index is 1430. The van der Waals surface area contributed by atoms with E-state index in [0.717, 1.165) is 41.6 Å². The van der Waals surface area contributed by atoms with Crippen molar-refractivity contribution in [2.45, 2.75) is 66.9 Å². The zero-order valence-corrected chi connectivity index (χ0v) is 26.1. The number of benzene rings is 4. The van der Waals surface area contributed by atoms with Crippen LogP contribution < -0.4 is 23.7 Å². The van der Waals surface area contributed by atoms with Crippen molar-refractivity contribution in [2.24, 2.45) is 0 Å². The number of fused-ring (bicyclic) bond motifs is 3. The lowest BCUT2D eigenvalue weighted by atomic mass is 9.93. The lowest BCUT2D eigenvalue weighted by Crippen LogP contribution is -2.32. The summed E-state index contributed by atoms with van der Waals surface area (Å²) in [6, 6.07) is 26.8. The third-order valence-corrected chi connectivity index (χ3v) is 7.04. The molecule has 7 rings (SSSR count). The largest absolute Gasteiger partial charge is 0.488 e. The topological polar surface area (TPSA) is 46.2 Å². The molecule has 0 N–H and O–H groups in total. The van der Waals surface area contributed by atoms with Gasteiger partial charge in [0.2, 0.25) is 6.79 Å². The lowest BCUT2D eigenvalue weighted by molar-refractivity contribution is 0.0846. The predicted octanol–water partition coefficient (Wildman–Crippen LogP) is 8.89. The molecular formula is C37H44O5. The average Bonchev–Trinajstić information content (AvgIpc) is 3.43. The molecule has 222 valence electrons. The quantitative estimate of drug-likeness (QED) is 0.212. The Kier molecular flexibility index (Phi) is 10.4. The van der Waals surface area contributed by atoms with E-state index in [-0.39, 0.29) is 5.60 Å². The van der Waals surface area contributed by atoms with Crippen molar-refractivity contribution in [3.63, 3.8) is 0 Å². The van der Waals surface area contributed by atoms with E-state index < -0.39 is 0 Å². The molecule has 0 saturated heterocycles. The summed E-state index contributed by atoms with van der Waals surface area (Å²) >= 11 is 0. The van der Waals surface area contributed by atoms with Crippen molar-refractivity contribution in [3.8, 4) is 28.7 Å². The molecule has 0 fully saturated rings. The van der Waals surface area contributed by atoms with Gasteiger partial charge in [0.1, 0.15) is 24.6 Å². The van der Waals surface area contributed by atoms with Gasteiger partial charge in [-0.15, -0.1) is 0 Å². The van der Waals surface area contributed by atoms with Gasteiger partial charge in [-0.25, -0.2) is 0 Å². The molecule has 4 aromatic carbocycles. The van der Waals surface area contributed by atoms with Crippen LogP contribution in [0.3, 0.4) is 0 Å². The van der Waals surface area contributed by atoms with Crippen molar-refractivity contribution in [3.05, 3.63) is 112 Å². The first-order valence-corrected chi connectivity index (χ1v) is 14.6. The molecule has 4 aromatic rings. The van der Waals surface area contributed by atoms with Crippen LogP contribution in [-0.4, -0.2) is 25.6 Å². The van der Waals surface area contributed by atoms with Crippen LogP contribution in [0.25, 0.3) is 0 Å². The number of hydrogen-bond acceptors (Lipinski definition) is 5. The molecule has 42 heavy (non-hydrogen) atoms. The van der Waals surface area contributed by atoms with Crippen LogP contribution in [-0.2, 0) is 6.42 Å². The van der Waals surface area contributed by atoms with Crippen molar-refractivity contribution < 1.29 is 23.7 Å². The van der Waals surface area contributed by atoms with Crippen LogP contribution in [0.2, 0.25) is 0 Å². The highest BCUT2D eigenvalue weighted by molar-refractivity contribution is 5.44. The minimum atomic E-state index is 0.0161. The fraction of sp³-hybridized carbons (Fsp3) is 0.351. The number of hydrogen-bond donors (Lipinski definition) is 0. The number of ether oxygens (including phenoxy) is 5. The van der Waals surface area contributed by atoms with Crippen LogP contribution >= 0.6 is 0 Å². The Labute approximate surface area is 251 Å². The molecule has 3 aliphatic heterocycles. The predicted molar refractivity (Wildman–Crippen MR) is 170 cm³/mol. The average molecular weight is 569 g/mol. The third kappa shape index (κ3) is 9.20. The molecule has 0 atom stereocenters. The van der Waals surface area contributed by atoms with Crippen LogP contribution in [0.15, 0.2) is 78.9 Å². The fourth-order valence-electron chi connectivity index (χ4n) is 4.58. The molecule has 3 aliphatic rings. The zero-order valence-electron chi connectivity index (χ0n) is 26.1. The van der Waals surface area contributed by atoms with Crippen molar-refractivity contribution in [2.75, 3.05) is 20.0 Å². The molecule has 5 heteroatoms. The normalized spacial score (nSPS) is 14.7. The molecule has 0 spiro atoms. The molecule has 0 bridgehead atoms. The standard InChI is InChI=1S/C12H16O.C9H10O2.C8H8O2.C8H10/c1-9-4-5-11-10(8-9)6-7-12(2,3)13-11;1-7-2-3-8-9(6-7)11-5-4-10-8;1-6-2-3-7-8(4-6)10-5-9-7;1-7-3-5-8(2)6-4-7/h4-5,8H,6-7H2,1-3H3;2-3,6H,4-5H2,1H3;2-4H,5H2,1H3;3-6H,1-2H3. The molecule has 0 radical (unpaired) electrons. The highest BCUT2D eigenvalue weighted by Gasteiger charge is 2.26. The minimum absolute atomic E-state index is 0.0161. The maximum Gasteiger partial charge on any atom is 0.231 e. The molecule has 0 unspecified atom stereocenters. The zero-order chi connectivity index (χ0) is 30.1. The molecule has 0 saturated carbocycles. The first-order valence-electron chi connectivity index (χ1n) is 14.6. The molecule has 0 aliphatic carbocycles. The van der Waals surface area contributed by atoms with Gasteiger partial charge in [0.15, 0.2) is 23.0 Å². The second-order valence-corrected chi connectivity index (χ2v) is 11.6. The second kappa shape index (κ2) is 14.2. The van der Waals surface area contributed by atoms with Gasteiger partial charge in [-0.3, -0.25) is 0 Å². The summed E-state index contributed by atoms with van der Waals surface area (Å²) in [7, 11) is 0. The molecule has 0 aromatic heterocycles. The first kappa shape index (κ1) is 30.8. The minimum Gasteiger partial charge on any atom is -0.488 e. The highest BCUT2D eigenvalue weighted by Crippen LogP contribution is 2.34. The smallest absolute Gasteiger partial charge is 0.231 e. The summed E-state index contributed by atoms with van der Waals surface area (Å²) < 4.78 is 26.9. The fourth-order valence-corrected chi connectivity index (χ4v) is 4.58. The summed E-state index contributed by atoms with van der Waals surface area (Å²) in [5, 5.41) is 0. The van der Waals surface area contributed by atoms with E-state index in [0.29, 0.717) is 20.0 Å². The summed E-state index contributed by atoms with van der Waals surface area (Å²) in [4.78, 5) is 0. The Hall–Kier alpha value is -4.12. The molecule has 0 amide bonds. The van der Waals surface area contributed by atoms with E-state index in [4.69, 9.17) is 23.7 Å². The second-order valence-electron chi connectivity index (χ2n) is 11.6. The maximum atomic E-state index is 5.87. The van der Waals surface area contributed by atoms with E-state index in [1.807, 2.05) is 50.2 Å². The summed E-state index contributed by atoms with van der Waals surface area (Å²) in [6.07, 6.45) is 2.26. The number of aryl methyl sites for hydroxylation is 6. The van der Waals surface area contributed by atoms with E-state index in [2.05, 4.69) is 77.1 Å². The van der Waals surface area contributed by atoms with Gasteiger partial charge in [0.25, 0.3) is 0 Å². The van der Waals surface area contributed by atoms with Crippen molar-refractivity contribution in [1.29, 1.82) is 0 Å². The van der Waals surface area contributed by atoms with Gasteiger partial charge >= 0.3 is 0 Å². The third-order valence-electron chi connectivity index (χ3n) is 7.04. The molecule has 3 heterocycles. The van der Waals surface area contributed by atoms with Gasteiger partial charge in [0, 0.05) is 0 Å². The van der Waals surface area contributed by atoms with Crippen molar-refractivity contribution in [1.82, 2.24) is 0 Å². The highest BCUT2D eigenvalue weighted by atomic mass is 16.7. The Morgan fingerprint density at radius 1 is 0.476 bits per heavy atom. The monoisotopic (exact) mass is 568 g/mol. The van der Waals surface area contributed by atoms with Crippen molar-refractivity contribution >= 4 is 0 Å². The van der Waals surface area contributed by atoms with Gasteiger partial charge in [-0.05, 0) is 108 Å². The Morgan fingerprint density at radius 2 is 0.905 bits per heavy atom. The summed E-state index contributed by atoms with van der Waals surface area (Å²) in [5.41, 5.74) is 7.76. The Morgan fingerprint density at radius 3 is 1.50 bits per heavy atom. The van der Waals surface area contributed by atoms with Gasteiger partial charge in [0.05, 0.1) is 0 Å². The van der Waals surface area contributed by atoms with E-state index in [1.165, 1.54) is 33.4 Å². The number of rotatable bonds is 0. The SMILES string of the molecule is Cc1ccc(C)cc1.Cc1ccc2c(c1)CCC(C)(C)O2.Cc1ccc2c(c1)OCCO2.Cc1ccc2c(c1)OCO2. The van der Waals surface area contributed by atoms with E-state index in [1.54, 1.807) is 0 Å². The molecular weight excluding hydrogens is 524 g/mol. The van der Waals surface area contributed by atoms with E-state index in [9.17, 15) is 0 Å². The van der Waals surface area contributed by atoms with E-state index >= 15 is 0 Å². The Balaban J connectivity index is 0.000000130. The van der Waals surface area contributed by atoms with Gasteiger partial charge in [-0.2, -0.15) is 0 Å². The maximum absolute atomic E-state index is 5.87.